The van der Waals surface area contributed by atoms with Crippen LogP contribution in [0.2, 0.25) is 0 Å². The van der Waals surface area contributed by atoms with E-state index in [9.17, 15) is 9.59 Å². The second-order valence-corrected chi connectivity index (χ2v) is 5.09. The second-order valence-electron chi connectivity index (χ2n) is 4.11. The van der Waals surface area contributed by atoms with Gasteiger partial charge in [0.05, 0.1) is 6.20 Å². The van der Waals surface area contributed by atoms with Crippen molar-refractivity contribution in [2.45, 2.75) is 18.5 Å². The summed E-state index contributed by atoms with van der Waals surface area (Å²) in [6, 6.07) is -1.83. The molecule has 0 fully saturated rings. The molecule has 1 heterocycles. The summed E-state index contributed by atoms with van der Waals surface area (Å²) in [4.78, 5) is 22.9. The third-order valence-electron chi connectivity index (χ3n) is 2.59. The minimum absolute atomic E-state index is 0.363. The normalized spacial score (nSPS) is 13.8. The first kappa shape index (κ1) is 15.5. The molecule has 8 heteroatoms. The molecule has 2 unspecified atom stereocenters. The summed E-state index contributed by atoms with van der Waals surface area (Å²) in [5, 5.41) is 15.4. The first-order valence-corrected chi connectivity index (χ1v) is 7.11. The number of aromatic nitrogens is 2. The van der Waals surface area contributed by atoms with E-state index in [1.807, 2.05) is 6.26 Å². The largest absolute Gasteiger partial charge is 0.480 e. The maximum absolute atomic E-state index is 11.9. The summed E-state index contributed by atoms with van der Waals surface area (Å²) in [7, 11) is 1.71. The summed E-state index contributed by atoms with van der Waals surface area (Å²) in [5.74, 6) is -0.915. The highest BCUT2D eigenvalue weighted by molar-refractivity contribution is 7.98. The van der Waals surface area contributed by atoms with Crippen LogP contribution in [0.15, 0.2) is 12.4 Å². The van der Waals surface area contributed by atoms with E-state index in [1.54, 1.807) is 13.2 Å². The Labute approximate surface area is 115 Å². The number of thioether (sulfide) groups is 1. The number of aliphatic carboxylic acids is 1. The van der Waals surface area contributed by atoms with Gasteiger partial charge in [-0.15, -0.1) is 0 Å². The number of nitrogens with zero attached hydrogens (tertiary/aromatic N) is 2. The van der Waals surface area contributed by atoms with Crippen molar-refractivity contribution in [2.24, 2.45) is 12.8 Å². The van der Waals surface area contributed by atoms with Gasteiger partial charge < -0.3 is 16.2 Å². The Morgan fingerprint density at radius 3 is 2.79 bits per heavy atom. The molecule has 0 saturated carbocycles. The predicted molar refractivity (Wildman–Crippen MR) is 72.7 cm³/mol. The van der Waals surface area contributed by atoms with Gasteiger partial charge in [0, 0.05) is 18.8 Å². The molecular formula is C11H18N4O3S. The van der Waals surface area contributed by atoms with Crippen LogP contribution in [-0.4, -0.2) is 44.8 Å². The number of nitrogens with two attached hydrogens (primary N) is 1. The van der Waals surface area contributed by atoms with Crippen molar-refractivity contribution >= 4 is 23.6 Å². The molecule has 0 aliphatic rings. The van der Waals surface area contributed by atoms with Gasteiger partial charge in [-0.2, -0.15) is 16.9 Å². The maximum atomic E-state index is 11.9. The minimum Gasteiger partial charge on any atom is -0.480 e. The van der Waals surface area contributed by atoms with Gasteiger partial charge in [-0.05, 0) is 18.4 Å². The first-order chi connectivity index (χ1) is 8.95. The third kappa shape index (κ3) is 4.56. The van der Waals surface area contributed by atoms with Gasteiger partial charge in [0.15, 0.2) is 0 Å². The number of rotatable bonds is 7. The molecule has 106 valence electrons. The molecule has 0 aromatic carbocycles. The number of aryl methyl sites for hydroxylation is 1. The molecule has 19 heavy (non-hydrogen) atoms. The summed E-state index contributed by atoms with van der Waals surface area (Å²) in [6.07, 6.45) is 5.36. The van der Waals surface area contributed by atoms with Crippen LogP contribution in [0.4, 0.5) is 0 Å². The van der Waals surface area contributed by atoms with Crippen LogP contribution in [0.5, 0.6) is 0 Å². The number of amides is 1. The van der Waals surface area contributed by atoms with Crippen LogP contribution in [0.3, 0.4) is 0 Å². The van der Waals surface area contributed by atoms with Crippen molar-refractivity contribution in [3.05, 3.63) is 18.0 Å². The number of nitrogens with one attached hydrogen (secondary N) is 1. The van der Waals surface area contributed by atoms with E-state index in [-0.39, 0.29) is 0 Å². The fourth-order valence-corrected chi connectivity index (χ4v) is 1.98. The molecular weight excluding hydrogens is 268 g/mol. The molecule has 0 bridgehead atoms. The van der Waals surface area contributed by atoms with Crippen LogP contribution < -0.4 is 11.1 Å². The molecule has 0 saturated heterocycles. The van der Waals surface area contributed by atoms with Crippen LogP contribution in [0, 0.1) is 0 Å². The maximum Gasteiger partial charge on any atom is 0.326 e. The van der Waals surface area contributed by atoms with E-state index in [4.69, 9.17) is 10.8 Å². The molecule has 2 atom stereocenters. The zero-order chi connectivity index (χ0) is 14.4. The molecule has 0 radical (unpaired) electrons. The Kier molecular flexibility index (Phi) is 5.84. The van der Waals surface area contributed by atoms with Gasteiger partial charge in [0.25, 0.3) is 0 Å². The Hall–Kier alpha value is -1.54. The average molecular weight is 286 g/mol. The van der Waals surface area contributed by atoms with Crippen LogP contribution in [0.25, 0.3) is 0 Å². The van der Waals surface area contributed by atoms with Gasteiger partial charge in [0.2, 0.25) is 5.91 Å². The van der Waals surface area contributed by atoms with E-state index >= 15 is 0 Å². The minimum atomic E-state index is -1.05. The fourth-order valence-electron chi connectivity index (χ4n) is 1.51. The van der Waals surface area contributed by atoms with Crippen molar-refractivity contribution in [2.75, 3.05) is 12.0 Å². The molecule has 1 rings (SSSR count). The summed E-state index contributed by atoms with van der Waals surface area (Å²) >= 11 is 1.52. The molecule has 1 amide bonds. The number of carboxylic acids is 1. The van der Waals surface area contributed by atoms with Crippen molar-refractivity contribution < 1.29 is 14.7 Å². The monoisotopic (exact) mass is 286 g/mol. The smallest absolute Gasteiger partial charge is 0.326 e. The molecule has 7 nitrogen and oxygen atoms in total. The van der Waals surface area contributed by atoms with E-state index in [0.717, 1.165) is 0 Å². The highest BCUT2D eigenvalue weighted by atomic mass is 32.2. The number of carboxylic acid groups (broad SMARTS) is 1. The van der Waals surface area contributed by atoms with Crippen molar-refractivity contribution in [1.82, 2.24) is 15.1 Å². The topological polar surface area (TPSA) is 110 Å². The molecule has 1 aromatic heterocycles. The second kappa shape index (κ2) is 7.15. The Morgan fingerprint density at radius 1 is 1.63 bits per heavy atom. The average Bonchev–Trinajstić information content (AvgIpc) is 2.79. The van der Waals surface area contributed by atoms with Gasteiger partial charge in [-0.3, -0.25) is 9.48 Å². The first-order valence-electron chi connectivity index (χ1n) is 5.72. The summed E-state index contributed by atoms with van der Waals surface area (Å²) < 4.78 is 1.53. The van der Waals surface area contributed by atoms with Gasteiger partial charge in [-0.1, -0.05) is 0 Å². The predicted octanol–water partition coefficient (Wildman–Crippen LogP) is -0.258. The Bertz CT molecular complexity index is 449. The molecule has 0 aliphatic carbocycles. The molecule has 4 N–H and O–H groups in total. The number of carbonyl (C=O) groups is 2. The van der Waals surface area contributed by atoms with E-state index in [2.05, 4.69) is 10.4 Å². The van der Waals surface area contributed by atoms with E-state index in [0.29, 0.717) is 17.7 Å². The molecule has 0 aliphatic heterocycles. The summed E-state index contributed by atoms with van der Waals surface area (Å²) in [5.41, 5.74) is 6.32. The lowest BCUT2D eigenvalue weighted by Gasteiger charge is -2.16. The van der Waals surface area contributed by atoms with Crippen LogP contribution >= 0.6 is 11.8 Å². The van der Waals surface area contributed by atoms with Gasteiger partial charge in [0.1, 0.15) is 12.1 Å². The highest BCUT2D eigenvalue weighted by Crippen LogP contribution is 2.09. The number of carbonyl (C=O) groups excluding carboxylic acids is 1. The highest BCUT2D eigenvalue weighted by Gasteiger charge is 2.24. The summed E-state index contributed by atoms with van der Waals surface area (Å²) in [6.45, 7) is 0. The quantitative estimate of drug-likeness (QED) is 0.637. The zero-order valence-corrected chi connectivity index (χ0v) is 11.7. The third-order valence-corrected chi connectivity index (χ3v) is 3.24. The van der Waals surface area contributed by atoms with Crippen molar-refractivity contribution in [1.29, 1.82) is 0 Å². The van der Waals surface area contributed by atoms with Crippen LogP contribution in [-0.2, 0) is 16.6 Å². The van der Waals surface area contributed by atoms with E-state index in [1.165, 1.54) is 22.6 Å². The number of hydrogen-bond donors (Lipinski definition) is 3. The fraction of sp³-hybridized carbons (Fsp3) is 0.545. The zero-order valence-electron chi connectivity index (χ0n) is 10.9. The lowest BCUT2D eigenvalue weighted by Crippen LogP contribution is -2.45. The lowest BCUT2D eigenvalue weighted by atomic mass is 10.1. The van der Waals surface area contributed by atoms with Gasteiger partial charge in [-0.25, -0.2) is 4.79 Å². The standard InChI is InChI=1S/C11H18N4O3S/c1-15-6-7(5-13-15)9(12)10(16)14-8(11(17)18)3-4-19-2/h5-6,8-9H,3-4,12H2,1-2H3,(H,14,16)(H,17,18). The molecule has 0 spiro atoms. The SMILES string of the molecule is CSCCC(NC(=O)C(N)c1cnn(C)c1)C(=O)O. The Morgan fingerprint density at radius 2 is 2.32 bits per heavy atom. The van der Waals surface area contributed by atoms with Crippen molar-refractivity contribution in [3.8, 4) is 0 Å². The Balaban J connectivity index is 2.63. The number of hydrogen-bond acceptors (Lipinski definition) is 5. The lowest BCUT2D eigenvalue weighted by molar-refractivity contribution is -0.142. The molecule has 1 aromatic rings. The van der Waals surface area contributed by atoms with E-state index < -0.39 is 24.0 Å². The van der Waals surface area contributed by atoms with Crippen LogP contribution in [0.1, 0.15) is 18.0 Å². The van der Waals surface area contributed by atoms with Gasteiger partial charge >= 0.3 is 5.97 Å². The van der Waals surface area contributed by atoms with Crippen molar-refractivity contribution in [3.63, 3.8) is 0 Å².